The van der Waals surface area contributed by atoms with E-state index in [9.17, 15) is 9.59 Å². The van der Waals surface area contributed by atoms with Crippen LogP contribution in [0.25, 0.3) is 0 Å². The molecule has 0 aliphatic rings. The zero-order valence-corrected chi connectivity index (χ0v) is 32.9. The Labute approximate surface area is 299 Å². The van der Waals surface area contributed by atoms with Crippen molar-refractivity contribution < 1.29 is 23.5 Å². The molecule has 0 aromatic carbocycles. The van der Waals surface area contributed by atoms with Crippen LogP contribution in [0.1, 0.15) is 200 Å². The van der Waals surface area contributed by atoms with E-state index in [-0.39, 0.29) is 18.4 Å². The molecule has 0 aromatic rings. The first-order valence-electron chi connectivity index (χ1n) is 20.7. The molecule has 5 nitrogen and oxygen atoms in total. The number of quaternary nitrogens is 1. The highest BCUT2D eigenvalue weighted by molar-refractivity contribution is 5.72. The van der Waals surface area contributed by atoms with Crippen LogP contribution in [0.2, 0.25) is 0 Å². The van der Waals surface area contributed by atoms with Crippen molar-refractivity contribution >= 4 is 11.9 Å². The third kappa shape index (κ3) is 37.2. The van der Waals surface area contributed by atoms with Crippen LogP contribution in [-0.2, 0) is 19.1 Å². The van der Waals surface area contributed by atoms with Crippen molar-refractivity contribution in [2.45, 2.75) is 206 Å². The van der Waals surface area contributed by atoms with E-state index in [1.54, 1.807) is 0 Å². The lowest BCUT2D eigenvalue weighted by Crippen LogP contribution is -2.44. The summed E-state index contributed by atoms with van der Waals surface area (Å²) in [6.07, 6.45) is 43.3. The minimum atomic E-state index is -0.437. The smallest absolute Gasteiger partial charge is 0.309 e. The fourth-order valence-corrected chi connectivity index (χ4v) is 6.12. The summed E-state index contributed by atoms with van der Waals surface area (Å²) in [6.45, 7) is 5.59. The number of carbonyl (C=O) groups is 2. The molecule has 0 N–H and O–H groups in total. The van der Waals surface area contributed by atoms with Crippen LogP contribution in [0.4, 0.5) is 0 Å². The number of unbranched alkanes of at least 4 members (excludes halogenated alkanes) is 23. The van der Waals surface area contributed by atoms with Gasteiger partial charge in [0.15, 0.2) is 6.10 Å². The Kier molecular flexibility index (Phi) is 34.0. The summed E-state index contributed by atoms with van der Waals surface area (Å²) in [5.41, 5.74) is 0. The molecule has 0 aliphatic heterocycles. The Balaban J connectivity index is 3.88. The Morgan fingerprint density at radius 2 is 0.875 bits per heavy atom. The maximum Gasteiger partial charge on any atom is 0.309 e. The van der Waals surface area contributed by atoms with Crippen LogP contribution in [-0.4, -0.2) is 56.8 Å². The van der Waals surface area contributed by atoms with Crippen molar-refractivity contribution in [1.82, 2.24) is 0 Å². The average molecular weight is 677 g/mol. The number of carbonyl (C=O) groups excluding carboxylic acids is 2. The maximum atomic E-state index is 12.6. The molecule has 0 unspecified atom stereocenters. The van der Waals surface area contributed by atoms with Crippen molar-refractivity contribution in [2.24, 2.45) is 0 Å². The summed E-state index contributed by atoms with van der Waals surface area (Å²) in [4.78, 5) is 25.1. The molecule has 48 heavy (non-hydrogen) atoms. The van der Waals surface area contributed by atoms with Crippen LogP contribution in [0, 0.1) is 0 Å². The number of ether oxygens (including phenoxy) is 2. The average Bonchev–Trinajstić information content (AvgIpc) is 3.03. The van der Waals surface area contributed by atoms with Gasteiger partial charge in [0.25, 0.3) is 0 Å². The van der Waals surface area contributed by atoms with Crippen molar-refractivity contribution in [3.63, 3.8) is 0 Å². The largest absolute Gasteiger partial charge is 0.466 e. The second-order valence-electron chi connectivity index (χ2n) is 15.3. The molecule has 0 rings (SSSR count). The van der Waals surface area contributed by atoms with Gasteiger partial charge >= 0.3 is 11.9 Å². The number of rotatable bonds is 36. The van der Waals surface area contributed by atoms with E-state index in [1.807, 2.05) is 0 Å². The molecule has 0 radical (unpaired) electrons. The fourth-order valence-electron chi connectivity index (χ4n) is 6.12. The summed E-state index contributed by atoms with van der Waals surface area (Å²) < 4.78 is 11.9. The van der Waals surface area contributed by atoms with Gasteiger partial charge in [0.1, 0.15) is 6.54 Å². The summed E-state index contributed by atoms with van der Waals surface area (Å²) in [6, 6.07) is 0. The van der Waals surface area contributed by atoms with Crippen LogP contribution in [0.15, 0.2) is 24.3 Å². The summed E-state index contributed by atoms with van der Waals surface area (Å²) >= 11 is 0. The Bertz CT molecular complexity index is 769. The molecule has 282 valence electrons. The lowest BCUT2D eigenvalue weighted by Gasteiger charge is -2.28. The van der Waals surface area contributed by atoms with Gasteiger partial charge in [0.2, 0.25) is 0 Å². The molecule has 0 saturated heterocycles. The van der Waals surface area contributed by atoms with Gasteiger partial charge in [-0.2, -0.15) is 0 Å². The molecular formula is C43H82NO4+. The van der Waals surface area contributed by atoms with Gasteiger partial charge in [-0.1, -0.05) is 147 Å². The molecule has 0 spiro atoms. The molecular weight excluding hydrogens is 594 g/mol. The van der Waals surface area contributed by atoms with Gasteiger partial charge in [-0.3, -0.25) is 9.59 Å². The molecule has 0 amide bonds. The first kappa shape index (κ1) is 46.4. The minimum absolute atomic E-state index is 0.139. The standard InChI is InChI=1S/C43H82NO4/c1-6-8-10-12-14-16-18-20-22-24-26-28-30-32-34-36-38-47-43(46)39-41(40-44(3,4)5)48-42(45)37-35-33-31-29-27-25-23-21-19-17-15-13-11-9-7-2/h20-23,41H,6-19,24-40H2,1-5H3/q+1/b22-20-,23-21-/t41-/m0/s1. The number of allylic oxidation sites excluding steroid dienone is 4. The summed E-state index contributed by atoms with van der Waals surface area (Å²) in [7, 11) is 6.17. The first-order valence-corrected chi connectivity index (χ1v) is 20.7. The fraction of sp³-hybridized carbons (Fsp3) is 0.860. The SMILES string of the molecule is CCCCCCCC/C=C\CCCCCCCCOC(=O)C[C@@H](C[N+](C)(C)C)OC(=O)CCCCCCC/C=C\CCCCCCCC. The second-order valence-corrected chi connectivity index (χ2v) is 15.3. The van der Waals surface area contributed by atoms with E-state index in [2.05, 4.69) is 59.3 Å². The van der Waals surface area contributed by atoms with Crippen LogP contribution < -0.4 is 0 Å². The number of nitrogens with zero attached hydrogens (tertiary/aromatic N) is 1. The van der Waals surface area contributed by atoms with Crippen molar-refractivity contribution in [3.8, 4) is 0 Å². The predicted molar refractivity (Wildman–Crippen MR) is 207 cm³/mol. The van der Waals surface area contributed by atoms with E-state index in [0.29, 0.717) is 24.1 Å². The molecule has 0 aliphatic carbocycles. The Morgan fingerprint density at radius 3 is 1.29 bits per heavy atom. The lowest BCUT2D eigenvalue weighted by molar-refractivity contribution is -0.873. The highest BCUT2D eigenvalue weighted by Gasteiger charge is 2.25. The van der Waals surface area contributed by atoms with Gasteiger partial charge in [-0.05, 0) is 64.2 Å². The maximum absolute atomic E-state index is 12.6. The van der Waals surface area contributed by atoms with E-state index in [0.717, 1.165) is 38.5 Å². The highest BCUT2D eigenvalue weighted by atomic mass is 16.6. The highest BCUT2D eigenvalue weighted by Crippen LogP contribution is 2.14. The Morgan fingerprint density at radius 1 is 0.500 bits per heavy atom. The number of hydrogen-bond donors (Lipinski definition) is 0. The van der Waals surface area contributed by atoms with Crippen molar-refractivity contribution in [3.05, 3.63) is 24.3 Å². The summed E-state index contributed by atoms with van der Waals surface area (Å²) in [5, 5.41) is 0. The number of esters is 2. The molecule has 0 bridgehead atoms. The molecule has 5 heteroatoms. The van der Waals surface area contributed by atoms with Crippen molar-refractivity contribution in [1.29, 1.82) is 0 Å². The quantitative estimate of drug-likeness (QED) is 0.0287. The van der Waals surface area contributed by atoms with Gasteiger partial charge in [0, 0.05) is 6.42 Å². The van der Waals surface area contributed by atoms with Gasteiger partial charge < -0.3 is 14.0 Å². The van der Waals surface area contributed by atoms with E-state index < -0.39 is 6.10 Å². The molecule has 1 atom stereocenters. The zero-order valence-electron chi connectivity index (χ0n) is 32.9. The topological polar surface area (TPSA) is 52.6 Å². The Hall–Kier alpha value is -1.62. The molecule has 0 saturated carbocycles. The molecule has 0 heterocycles. The third-order valence-corrected chi connectivity index (χ3v) is 9.01. The predicted octanol–water partition coefficient (Wildman–Crippen LogP) is 12.6. The van der Waals surface area contributed by atoms with E-state index in [1.165, 1.54) is 135 Å². The van der Waals surface area contributed by atoms with Gasteiger partial charge in [-0.25, -0.2) is 0 Å². The zero-order chi connectivity index (χ0) is 35.4. The monoisotopic (exact) mass is 677 g/mol. The first-order chi connectivity index (χ1) is 23.3. The normalized spacial score (nSPS) is 12.7. The number of hydrogen-bond acceptors (Lipinski definition) is 4. The van der Waals surface area contributed by atoms with Crippen molar-refractivity contribution in [2.75, 3.05) is 34.3 Å². The van der Waals surface area contributed by atoms with E-state index >= 15 is 0 Å². The summed E-state index contributed by atoms with van der Waals surface area (Å²) in [5.74, 6) is -0.442. The van der Waals surface area contributed by atoms with E-state index in [4.69, 9.17) is 9.47 Å². The number of likely N-dealkylation sites (N-methyl/N-ethyl adjacent to an activating group) is 1. The van der Waals surface area contributed by atoms with Gasteiger partial charge in [0.05, 0.1) is 34.2 Å². The molecule has 0 aromatic heterocycles. The van der Waals surface area contributed by atoms with Crippen LogP contribution in [0.3, 0.4) is 0 Å². The van der Waals surface area contributed by atoms with Gasteiger partial charge in [-0.15, -0.1) is 0 Å². The minimum Gasteiger partial charge on any atom is -0.466 e. The molecule has 0 fully saturated rings. The second kappa shape index (κ2) is 35.2. The van der Waals surface area contributed by atoms with Crippen LogP contribution >= 0.6 is 0 Å². The lowest BCUT2D eigenvalue weighted by atomic mass is 10.1. The van der Waals surface area contributed by atoms with Crippen LogP contribution in [0.5, 0.6) is 0 Å². The third-order valence-electron chi connectivity index (χ3n) is 9.01.